The van der Waals surface area contributed by atoms with Crippen LogP contribution in [-0.4, -0.2) is 15.0 Å². The van der Waals surface area contributed by atoms with E-state index in [2.05, 4.69) is 21.3 Å². The van der Waals surface area contributed by atoms with Crippen LogP contribution >= 0.6 is 0 Å². The Hall–Kier alpha value is -2.04. The number of halogens is 1. The summed E-state index contributed by atoms with van der Waals surface area (Å²) in [7, 11) is 0. The minimum atomic E-state index is -0.910. The number of hydrogen-bond acceptors (Lipinski definition) is 4. The van der Waals surface area contributed by atoms with Gasteiger partial charge < -0.3 is 4.74 Å². The van der Waals surface area contributed by atoms with Gasteiger partial charge in [-0.15, -0.1) is 4.98 Å². The SMILES string of the molecule is Cc1ccc(Oc2n[c]nc(F)n2)cc1. The Balaban J connectivity index is 2.18. The van der Waals surface area contributed by atoms with Gasteiger partial charge in [0.05, 0.1) is 0 Å². The molecule has 75 valence electrons. The lowest BCUT2D eigenvalue weighted by Gasteiger charge is -2.02. The molecule has 1 radical (unpaired) electrons. The Morgan fingerprint density at radius 3 is 2.60 bits per heavy atom. The summed E-state index contributed by atoms with van der Waals surface area (Å²) >= 11 is 0. The van der Waals surface area contributed by atoms with Gasteiger partial charge in [0.25, 0.3) is 0 Å². The van der Waals surface area contributed by atoms with E-state index in [1.807, 2.05) is 19.1 Å². The molecule has 2 aromatic rings. The standard InChI is InChI=1S/C10H7FN3O/c1-7-2-4-8(5-3-7)15-10-13-6-12-9(11)14-10/h2-5H,1H3. The first-order valence-electron chi connectivity index (χ1n) is 4.26. The van der Waals surface area contributed by atoms with E-state index in [-0.39, 0.29) is 6.01 Å². The minimum Gasteiger partial charge on any atom is -0.424 e. The summed E-state index contributed by atoms with van der Waals surface area (Å²) < 4.78 is 17.7. The molecule has 0 amide bonds. The molecule has 15 heavy (non-hydrogen) atoms. The molecule has 5 heteroatoms. The van der Waals surface area contributed by atoms with E-state index in [9.17, 15) is 4.39 Å². The first kappa shape index (κ1) is 9.51. The molecular weight excluding hydrogens is 197 g/mol. The van der Waals surface area contributed by atoms with Gasteiger partial charge in [-0.05, 0) is 19.1 Å². The molecule has 2 rings (SSSR count). The highest BCUT2D eigenvalue weighted by atomic mass is 19.1. The highest BCUT2D eigenvalue weighted by molar-refractivity contribution is 5.28. The summed E-state index contributed by atoms with van der Waals surface area (Å²) in [6, 6.07) is 7.13. The van der Waals surface area contributed by atoms with Gasteiger partial charge in [0, 0.05) is 0 Å². The predicted molar refractivity (Wildman–Crippen MR) is 49.9 cm³/mol. The van der Waals surface area contributed by atoms with Crippen molar-refractivity contribution in [1.29, 1.82) is 0 Å². The summed E-state index contributed by atoms with van der Waals surface area (Å²) in [6.07, 6.45) is 1.19. The van der Waals surface area contributed by atoms with Crippen molar-refractivity contribution in [3.8, 4) is 11.8 Å². The fourth-order valence-electron chi connectivity index (χ4n) is 0.995. The molecule has 0 fully saturated rings. The molecule has 0 saturated heterocycles. The van der Waals surface area contributed by atoms with E-state index in [4.69, 9.17) is 4.74 Å². The van der Waals surface area contributed by atoms with Crippen molar-refractivity contribution in [3.05, 3.63) is 42.2 Å². The van der Waals surface area contributed by atoms with Crippen LogP contribution in [0, 0.1) is 19.3 Å². The Bertz CT molecular complexity index is 458. The van der Waals surface area contributed by atoms with Crippen molar-refractivity contribution in [2.45, 2.75) is 6.92 Å². The number of ether oxygens (including phenoxy) is 1. The molecule has 1 aromatic carbocycles. The predicted octanol–water partition coefficient (Wildman–Crippen LogP) is 1.91. The van der Waals surface area contributed by atoms with Crippen LogP contribution in [0.5, 0.6) is 11.8 Å². The first-order valence-corrected chi connectivity index (χ1v) is 4.26. The van der Waals surface area contributed by atoms with Crippen molar-refractivity contribution < 1.29 is 9.13 Å². The zero-order chi connectivity index (χ0) is 10.7. The molecule has 0 bridgehead atoms. The lowest BCUT2D eigenvalue weighted by atomic mass is 10.2. The third kappa shape index (κ3) is 2.46. The zero-order valence-corrected chi connectivity index (χ0v) is 7.94. The van der Waals surface area contributed by atoms with E-state index >= 15 is 0 Å². The van der Waals surface area contributed by atoms with Gasteiger partial charge in [0.15, 0.2) is 0 Å². The fraction of sp³-hybridized carbons (Fsp3) is 0.100. The van der Waals surface area contributed by atoms with Crippen molar-refractivity contribution in [2.24, 2.45) is 0 Å². The highest BCUT2D eigenvalue weighted by Crippen LogP contribution is 2.16. The van der Waals surface area contributed by atoms with Gasteiger partial charge in [-0.1, -0.05) is 17.7 Å². The molecule has 0 unspecified atom stereocenters. The van der Waals surface area contributed by atoms with Crippen molar-refractivity contribution in [1.82, 2.24) is 15.0 Å². The van der Waals surface area contributed by atoms with Crippen molar-refractivity contribution in [3.63, 3.8) is 0 Å². The zero-order valence-electron chi connectivity index (χ0n) is 7.94. The number of benzene rings is 1. The third-order valence-electron chi connectivity index (χ3n) is 1.71. The molecule has 0 aliphatic heterocycles. The number of aromatic nitrogens is 3. The minimum absolute atomic E-state index is 0.105. The normalized spacial score (nSPS) is 10.0. The molecule has 0 aliphatic carbocycles. The Kier molecular flexibility index (Phi) is 2.53. The summed E-state index contributed by atoms with van der Waals surface area (Å²) in [5.74, 6) is 0.541. The second-order valence-corrected chi connectivity index (χ2v) is 2.90. The number of nitrogens with zero attached hydrogens (tertiary/aromatic N) is 3. The number of hydrogen-bond donors (Lipinski definition) is 0. The van der Waals surface area contributed by atoms with Crippen LogP contribution in [0.25, 0.3) is 0 Å². The molecule has 0 aliphatic rings. The van der Waals surface area contributed by atoms with Crippen LogP contribution in [0.4, 0.5) is 4.39 Å². The average Bonchev–Trinajstić information content (AvgIpc) is 2.22. The molecule has 1 aromatic heterocycles. The topological polar surface area (TPSA) is 47.9 Å². The van der Waals surface area contributed by atoms with Gasteiger partial charge in [-0.25, -0.2) is 0 Å². The summed E-state index contributed by atoms with van der Waals surface area (Å²) in [4.78, 5) is 10.00. The molecule has 0 saturated carbocycles. The van der Waals surface area contributed by atoms with Crippen LogP contribution in [-0.2, 0) is 0 Å². The third-order valence-corrected chi connectivity index (χ3v) is 1.71. The maximum Gasteiger partial charge on any atom is 0.328 e. The van der Waals surface area contributed by atoms with E-state index in [0.717, 1.165) is 5.56 Å². The summed E-state index contributed by atoms with van der Waals surface area (Å²) in [5, 5.41) is 0. The van der Waals surface area contributed by atoms with E-state index in [1.54, 1.807) is 12.1 Å². The summed E-state index contributed by atoms with van der Waals surface area (Å²) in [6.45, 7) is 1.96. The van der Waals surface area contributed by atoms with Gasteiger partial charge >= 0.3 is 12.1 Å². The molecule has 4 nitrogen and oxygen atoms in total. The Morgan fingerprint density at radius 1 is 1.20 bits per heavy atom. The quantitative estimate of drug-likeness (QED) is 0.749. The van der Waals surface area contributed by atoms with Crippen molar-refractivity contribution in [2.75, 3.05) is 0 Å². The molecule has 1 heterocycles. The molecule has 0 spiro atoms. The first-order chi connectivity index (χ1) is 7.24. The Morgan fingerprint density at radius 2 is 1.93 bits per heavy atom. The lowest BCUT2D eigenvalue weighted by Crippen LogP contribution is -1.96. The lowest BCUT2D eigenvalue weighted by molar-refractivity contribution is 0.411. The van der Waals surface area contributed by atoms with Crippen LogP contribution in [0.15, 0.2) is 24.3 Å². The van der Waals surface area contributed by atoms with Crippen LogP contribution in [0.3, 0.4) is 0 Å². The van der Waals surface area contributed by atoms with Gasteiger partial charge in [0.2, 0.25) is 6.33 Å². The largest absolute Gasteiger partial charge is 0.424 e. The Labute approximate surface area is 85.8 Å². The average molecular weight is 204 g/mol. The maximum absolute atomic E-state index is 12.6. The van der Waals surface area contributed by atoms with Crippen LogP contribution in [0.1, 0.15) is 5.56 Å². The fourth-order valence-corrected chi connectivity index (χ4v) is 0.995. The second kappa shape index (κ2) is 4.00. The van der Waals surface area contributed by atoms with Gasteiger partial charge in [0.1, 0.15) is 5.75 Å². The number of rotatable bonds is 2. The number of aryl methyl sites for hydroxylation is 1. The summed E-state index contributed by atoms with van der Waals surface area (Å²) in [5.41, 5.74) is 1.11. The van der Waals surface area contributed by atoms with E-state index in [1.165, 1.54) is 0 Å². The van der Waals surface area contributed by atoms with Crippen LogP contribution in [0.2, 0.25) is 0 Å². The maximum atomic E-state index is 12.6. The van der Waals surface area contributed by atoms with Crippen LogP contribution < -0.4 is 4.74 Å². The smallest absolute Gasteiger partial charge is 0.328 e. The second-order valence-electron chi connectivity index (χ2n) is 2.90. The van der Waals surface area contributed by atoms with Crippen molar-refractivity contribution >= 4 is 0 Å². The van der Waals surface area contributed by atoms with Gasteiger partial charge in [-0.2, -0.15) is 14.4 Å². The highest BCUT2D eigenvalue weighted by Gasteiger charge is 2.02. The molecule has 0 N–H and O–H groups in total. The molecule has 0 atom stereocenters. The van der Waals surface area contributed by atoms with E-state index < -0.39 is 6.08 Å². The monoisotopic (exact) mass is 204 g/mol. The van der Waals surface area contributed by atoms with Gasteiger partial charge in [-0.3, -0.25) is 0 Å². The van der Waals surface area contributed by atoms with E-state index in [0.29, 0.717) is 5.75 Å². The molecular formula is C10H7FN3O.